The predicted octanol–water partition coefficient (Wildman–Crippen LogP) is 2.75. The SMILES string of the molecule is Cc1ccc(CNc2nc(Cl)ncc2C)cn1. The van der Waals surface area contributed by atoms with Crippen molar-refractivity contribution in [1.82, 2.24) is 15.0 Å². The molecule has 17 heavy (non-hydrogen) atoms. The summed E-state index contributed by atoms with van der Waals surface area (Å²) in [4.78, 5) is 12.3. The molecule has 0 fully saturated rings. The third kappa shape index (κ3) is 3.14. The first kappa shape index (κ1) is 11.8. The first-order valence-corrected chi connectivity index (χ1v) is 5.67. The predicted molar refractivity (Wildman–Crippen MR) is 68.1 cm³/mol. The van der Waals surface area contributed by atoms with Gasteiger partial charge in [-0.2, -0.15) is 0 Å². The Morgan fingerprint density at radius 3 is 2.71 bits per heavy atom. The third-order valence-corrected chi connectivity index (χ3v) is 2.56. The van der Waals surface area contributed by atoms with Crippen LogP contribution in [0, 0.1) is 13.8 Å². The maximum absolute atomic E-state index is 5.74. The lowest BCUT2D eigenvalue weighted by molar-refractivity contribution is 1.04. The second kappa shape index (κ2) is 5.10. The molecule has 2 heterocycles. The van der Waals surface area contributed by atoms with Gasteiger partial charge in [-0.3, -0.25) is 4.98 Å². The number of aromatic nitrogens is 3. The number of halogens is 1. The molecule has 0 unspecified atom stereocenters. The summed E-state index contributed by atoms with van der Waals surface area (Å²) in [5.41, 5.74) is 3.08. The Morgan fingerprint density at radius 1 is 1.18 bits per heavy atom. The lowest BCUT2D eigenvalue weighted by Gasteiger charge is -2.08. The van der Waals surface area contributed by atoms with E-state index in [0.717, 1.165) is 22.6 Å². The van der Waals surface area contributed by atoms with Crippen molar-refractivity contribution in [2.45, 2.75) is 20.4 Å². The van der Waals surface area contributed by atoms with Gasteiger partial charge in [0.2, 0.25) is 5.28 Å². The minimum atomic E-state index is 0.250. The molecule has 2 rings (SSSR count). The molecule has 0 radical (unpaired) electrons. The van der Waals surface area contributed by atoms with Crippen LogP contribution in [0.3, 0.4) is 0 Å². The summed E-state index contributed by atoms with van der Waals surface area (Å²) in [5, 5.41) is 3.46. The summed E-state index contributed by atoms with van der Waals surface area (Å²) in [6.45, 7) is 4.57. The van der Waals surface area contributed by atoms with Crippen molar-refractivity contribution in [3.8, 4) is 0 Å². The van der Waals surface area contributed by atoms with E-state index < -0.39 is 0 Å². The Bertz CT molecular complexity index is 510. The Morgan fingerprint density at radius 2 is 2.00 bits per heavy atom. The maximum Gasteiger partial charge on any atom is 0.224 e. The van der Waals surface area contributed by atoms with Crippen molar-refractivity contribution in [2.75, 3.05) is 5.32 Å². The fraction of sp³-hybridized carbons (Fsp3) is 0.250. The van der Waals surface area contributed by atoms with Crippen molar-refractivity contribution in [2.24, 2.45) is 0 Å². The number of hydrogen-bond acceptors (Lipinski definition) is 4. The van der Waals surface area contributed by atoms with Gasteiger partial charge < -0.3 is 5.32 Å². The highest BCUT2D eigenvalue weighted by molar-refractivity contribution is 6.28. The minimum absolute atomic E-state index is 0.250. The summed E-state index contributed by atoms with van der Waals surface area (Å²) in [6, 6.07) is 4.02. The molecule has 5 heteroatoms. The zero-order valence-corrected chi connectivity index (χ0v) is 10.5. The van der Waals surface area contributed by atoms with E-state index in [0.29, 0.717) is 6.54 Å². The molecular weight excluding hydrogens is 236 g/mol. The second-order valence-electron chi connectivity index (χ2n) is 3.83. The number of rotatable bonds is 3. The van der Waals surface area contributed by atoms with Gasteiger partial charge in [0, 0.05) is 30.2 Å². The van der Waals surface area contributed by atoms with Crippen LogP contribution in [0.4, 0.5) is 5.82 Å². The van der Waals surface area contributed by atoms with Crippen LogP contribution < -0.4 is 5.32 Å². The topological polar surface area (TPSA) is 50.7 Å². The number of anilines is 1. The molecule has 2 aromatic heterocycles. The van der Waals surface area contributed by atoms with Gasteiger partial charge in [0.05, 0.1) is 0 Å². The fourth-order valence-electron chi connectivity index (χ4n) is 1.39. The van der Waals surface area contributed by atoms with Crippen LogP contribution in [0.5, 0.6) is 0 Å². The number of nitrogens with one attached hydrogen (secondary N) is 1. The standard InChI is InChI=1S/C12H13ClN4/c1-8-5-16-12(13)17-11(8)15-7-10-4-3-9(2)14-6-10/h3-6H,7H2,1-2H3,(H,15,16,17). The third-order valence-electron chi connectivity index (χ3n) is 2.37. The molecule has 0 atom stereocenters. The monoisotopic (exact) mass is 248 g/mol. The van der Waals surface area contributed by atoms with E-state index in [1.165, 1.54) is 0 Å². The number of nitrogens with zero attached hydrogens (tertiary/aromatic N) is 3. The van der Waals surface area contributed by atoms with Gasteiger partial charge in [0.15, 0.2) is 0 Å². The van der Waals surface area contributed by atoms with Crippen molar-refractivity contribution in [3.05, 3.63) is 46.6 Å². The van der Waals surface area contributed by atoms with Crippen LogP contribution in [0.25, 0.3) is 0 Å². The molecule has 88 valence electrons. The van der Waals surface area contributed by atoms with Crippen molar-refractivity contribution in [1.29, 1.82) is 0 Å². The van der Waals surface area contributed by atoms with Gasteiger partial charge in [-0.15, -0.1) is 0 Å². The quantitative estimate of drug-likeness (QED) is 0.849. The van der Waals surface area contributed by atoms with Crippen molar-refractivity contribution in [3.63, 3.8) is 0 Å². The van der Waals surface area contributed by atoms with Crippen LogP contribution in [0.1, 0.15) is 16.8 Å². The smallest absolute Gasteiger partial charge is 0.224 e. The van der Waals surface area contributed by atoms with Gasteiger partial charge >= 0.3 is 0 Å². The van der Waals surface area contributed by atoms with E-state index in [9.17, 15) is 0 Å². The molecule has 0 aliphatic heterocycles. The first-order valence-electron chi connectivity index (χ1n) is 5.29. The molecule has 0 saturated heterocycles. The lowest BCUT2D eigenvalue weighted by atomic mass is 10.2. The summed E-state index contributed by atoms with van der Waals surface area (Å²) in [5.74, 6) is 0.755. The summed E-state index contributed by atoms with van der Waals surface area (Å²) >= 11 is 5.74. The highest BCUT2D eigenvalue weighted by Gasteiger charge is 2.02. The van der Waals surface area contributed by atoms with E-state index in [1.807, 2.05) is 32.2 Å². The molecule has 4 nitrogen and oxygen atoms in total. The molecule has 0 aliphatic rings. The zero-order chi connectivity index (χ0) is 12.3. The molecule has 0 aromatic carbocycles. The van der Waals surface area contributed by atoms with E-state index in [2.05, 4.69) is 20.3 Å². The molecule has 0 amide bonds. The number of pyridine rings is 1. The summed E-state index contributed by atoms with van der Waals surface area (Å²) in [6.07, 6.45) is 3.55. The molecule has 0 bridgehead atoms. The average molecular weight is 249 g/mol. The Balaban J connectivity index is 2.07. The van der Waals surface area contributed by atoms with Crippen LogP contribution in [0.2, 0.25) is 5.28 Å². The number of hydrogen-bond donors (Lipinski definition) is 1. The molecule has 2 aromatic rings. The normalized spacial score (nSPS) is 10.3. The molecule has 0 saturated carbocycles. The van der Waals surface area contributed by atoms with Gasteiger partial charge in [0.25, 0.3) is 0 Å². The van der Waals surface area contributed by atoms with Gasteiger partial charge in [-0.25, -0.2) is 9.97 Å². The first-order chi connectivity index (χ1) is 8.15. The number of aryl methyl sites for hydroxylation is 2. The Kier molecular flexibility index (Phi) is 3.54. The highest BCUT2D eigenvalue weighted by Crippen LogP contribution is 2.13. The second-order valence-corrected chi connectivity index (χ2v) is 4.17. The summed E-state index contributed by atoms with van der Waals surface area (Å²) < 4.78 is 0. The van der Waals surface area contributed by atoms with E-state index in [-0.39, 0.29) is 5.28 Å². The van der Waals surface area contributed by atoms with Gasteiger partial charge in [-0.05, 0) is 37.1 Å². The van der Waals surface area contributed by atoms with E-state index >= 15 is 0 Å². The largest absolute Gasteiger partial charge is 0.366 e. The Hall–Kier alpha value is -1.68. The van der Waals surface area contributed by atoms with Crippen LogP contribution >= 0.6 is 11.6 Å². The van der Waals surface area contributed by atoms with Crippen LogP contribution in [-0.2, 0) is 6.54 Å². The maximum atomic E-state index is 5.74. The van der Waals surface area contributed by atoms with Gasteiger partial charge in [0.1, 0.15) is 5.82 Å². The molecule has 1 N–H and O–H groups in total. The lowest BCUT2D eigenvalue weighted by Crippen LogP contribution is -2.04. The minimum Gasteiger partial charge on any atom is -0.366 e. The highest BCUT2D eigenvalue weighted by atomic mass is 35.5. The van der Waals surface area contributed by atoms with Crippen molar-refractivity contribution >= 4 is 17.4 Å². The van der Waals surface area contributed by atoms with E-state index in [4.69, 9.17) is 11.6 Å². The zero-order valence-electron chi connectivity index (χ0n) is 9.74. The Labute approximate surface area is 105 Å². The molecular formula is C12H13ClN4. The average Bonchev–Trinajstić information content (AvgIpc) is 2.32. The molecule has 0 spiro atoms. The van der Waals surface area contributed by atoms with Crippen LogP contribution in [-0.4, -0.2) is 15.0 Å². The van der Waals surface area contributed by atoms with Gasteiger partial charge in [-0.1, -0.05) is 6.07 Å². The molecule has 0 aliphatic carbocycles. The van der Waals surface area contributed by atoms with Crippen molar-refractivity contribution < 1.29 is 0 Å². The summed E-state index contributed by atoms with van der Waals surface area (Å²) in [7, 11) is 0. The van der Waals surface area contributed by atoms with E-state index in [1.54, 1.807) is 6.20 Å². The fourth-order valence-corrected chi connectivity index (χ4v) is 1.52. The van der Waals surface area contributed by atoms with Crippen LogP contribution in [0.15, 0.2) is 24.5 Å².